The van der Waals surface area contributed by atoms with Crippen LogP contribution in [0.1, 0.15) is 18.9 Å². The maximum Gasteiger partial charge on any atom is 0.0981 e. The van der Waals surface area contributed by atoms with E-state index in [1.807, 2.05) is 24.3 Å². The molecule has 0 fully saturated rings. The Morgan fingerprint density at radius 1 is 1.43 bits per heavy atom. The molecule has 0 heterocycles. The van der Waals surface area contributed by atoms with Gasteiger partial charge in [0.05, 0.1) is 5.84 Å². The normalized spacial score (nSPS) is 11.7. The van der Waals surface area contributed by atoms with Crippen LogP contribution in [0, 0.1) is 0 Å². The maximum atomic E-state index is 5.99. The first kappa shape index (κ1) is 11.1. The highest BCUT2D eigenvalue weighted by Crippen LogP contribution is 2.15. The standard InChI is InChI=1S/C11H15ClN2/c1-2-7-14-11(13)8-9-5-3-4-6-10(9)12/h3-6H,2,7-8H2,1H3,(H2,13,14). The van der Waals surface area contributed by atoms with Crippen LogP contribution >= 0.6 is 11.6 Å². The van der Waals surface area contributed by atoms with E-state index in [0.29, 0.717) is 12.3 Å². The van der Waals surface area contributed by atoms with Crippen LogP contribution in [0.4, 0.5) is 0 Å². The molecule has 0 atom stereocenters. The Labute approximate surface area is 89.8 Å². The van der Waals surface area contributed by atoms with Crippen molar-refractivity contribution in [3.8, 4) is 0 Å². The Morgan fingerprint density at radius 2 is 2.14 bits per heavy atom. The number of hydrogen-bond acceptors (Lipinski definition) is 1. The summed E-state index contributed by atoms with van der Waals surface area (Å²) < 4.78 is 0. The fourth-order valence-electron chi connectivity index (χ4n) is 1.15. The molecule has 0 saturated carbocycles. The van der Waals surface area contributed by atoms with Crippen LogP contribution in [0.3, 0.4) is 0 Å². The van der Waals surface area contributed by atoms with Crippen molar-refractivity contribution in [3.63, 3.8) is 0 Å². The largest absolute Gasteiger partial charge is 0.387 e. The predicted octanol–water partition coefficient (Wildman–Crippen LogP) is 2.65. The van der Waals surface area contributed by atoms with Gasteiger partial charge in [-0.05, 0) is 18.1 Å². The Kier molecular flexibility index (Phi) is 4.47. The molecule has 0 amide bonds. The molecule has 1 aromatic carbocycles. The average Bonchev–Trinajstić information content (AvgIpc) is 2.18. The third-order valence-electron chi connectivity index (χ3n) is 1.87. The number of nitrogens with two attached hydrogens (primary N) is 1. The molecule has 0 bridgehead atoms. The van der Waals surface area contributed by atoms with Gasteiger partial charge in [-0.25, -0.2) is 0 Å². The molecule has 2 N–H and O–H groups in total. The van der Waals surface area contributed by atoms with Crippen molar-refractivity contribution in [2.24, 2.45) is 10.7 Å². The fraction of sp³-hybridized carbons (Fsp3) is 0.364. The number of amidine groups is 1. The van der Waals surface area contributed by atoms with E-state index in [4.69, 9.17) is 17.3 Å². The summed E-state index contributed by atoms with van der Waals surface area (Å²) in [6.45, 7) is 2.86. The summed E-state index contributed by atoms with van der Waals surface area (Å²) in [4.78, 5) is 4.21. The Morgan fingerprint density at radius 3 is 2.79 bits per heavy atom. The molecular weight excluding hydrogens is 196 g/mol. The summed E-state index contributed by atoms with van der Waals surface area (Å²) in [7, 11) is 0. The average molecular weight is 211 g/mol. The van der Waals surface area contributed by atoms with Crippen molar-refractivity contribution in [2.45, 2.75) is 19.8 Å². The van der Waals surface area contributed by atoms with Crippen LogP contribution in [0.5, 0.6) is 0 Å². The monoisotopic (exact) mass is 210 g/mol. The van der Waals surface area contributed by atoms with Gasteiger partial charge in [-0.1, -0.05) is 36.7 Å². The van der Waals surface area contributed by atoms with E-state index in [-0.39, 0.29) is 0 Å². The molecule has 0 radical (unpaired) electrons. The lowest BCUT2D eigenvalue weighted by Gasteiger charge is -2.03. The summed E-state index contributed by atoms with van der Waals surface area (Å²) in [6.07, 6.45) is 1.66. The molecule has 0 spiro atoms. The number of rotatable bonds is 4. The first-order valence-electron chi connectivity index (χ1n) is 4.76. The highest BCUT2D eigenvalue weighted by Gasteiger charge is 2.00. The molecule has 0 aliphatic heterocycles. The molecule has 1 aromatic rings. The van der Waals surface area contributed by atoms with Gasteiger partial charge in [0.25, 0.3) is 0 Å². The van der Waals surface area contributed by atoms with Gasteiger partial charge in [0, 0.05) is 18.0 Å². The van der Waals surface area contributed by atoms with Gasteiger partial charge in [-0.3, -0.25) is 4.99 Å². The van der Waals surface area contributed by atoms with Crippen molar-refractivity contribution in [2.75, 3.05) is 6.54 Å². The quantitative estimate of drug-likeness (QED) is 0.602. The third-order valence-corrected chi connectivity index (χ3v) is 2.24. The zero-order valence-corrected chi connectivity index (χ0v) is 9.09. The molecule has 1 rings (SSSR count). The Bertz CT molecular complexity index is 321. The molecule has 0 aliphatic rings. The second-order valence-corrected chi connectivity index (χ2v) is 3.55. The Balaban J connectivity index is 2.64. The fourth-order valence-corrected chi connectivity index (χ4v) is 1.35. The molecule has 0 aromatic heterocycles. The molecule has 0 saturated heterocycles. The van der Waals surface area contributed by atoms with E-state index < -0.39 is 0 Å². The number of aliphatic imine (C=N–C) groups is 1. The van der Waals surface area contributed by atoms with Gasteiger partial charge in [-0.15, -0.1) is 0 Å². The van der Waals surface area contributed by atoms with E-state index in [1.54, 1.807) is 0 Å². The highest BCUT2D eigenvalue weighted by atomic mass is 35.5. The second-order valence-electron chi connectivity index (χ2n) is 3.14. The van der Waals surface area contributed by atoms with Crippen LogP contribution < -0.4 is 5.73 Å². The molecule has 14 heavy (non-hydrogen) atoms. The molecule has 76 valence electrons. The van der Waals surface area contributed by atoms with Gasteiger partial charge in [0.2, 0.25) is 0 Å². The first-order chi connectivity index (χ1) is 6.74. The number of hydrogen-bond donors (Lipinski definition) is 1. The lowest BCUT2D eigenvalue weighted by atomic mass is 10.1. The van der Waals surface area contributed by atoms with Crippen LogP contribution in [0.25, 0.3) is 0 Å². The van der Waals surface area contributed by atoms with E-state index in [1.165, 1.54) is 0 Å². The lowest BCUT2D eigenvalue weighted by Crippen LogP contribution is -2.15. The molecular formula is C11H15ClN2. The minimum absolute atomic E-state index is 0.639. The first-order valence-corrected chi connectivity index (χ1v) is 5.14. The summed E-state index contributed by atoms with van der Waals surface area (Å²) in [5.74, 6) is 0.653. The summed E-state index contributed by atoms with van der Waals surface area (Å²) in [5, 5.41) is 0.752. The van der Waals surface area contributed by atoms with Crippen LogP contribution in [0.15, 0.2) is 29.3 Å². The smallest absolute Gasteiger partial charge is 0.0981 e. The lowest BCUT2D eigenvalue weighted by molar-refractivity contribution is 0.924. The molecule has 3 heteroatoms. The van der Waals surface area contributed by atoms with E-state index in [0.717, 1.165) is 23.6 Å². The van der Waals surface area contributed by atoms with Crippen LogP contribution in [-0.2, 0) is 6.42 Å². The Hall–Kier alpha value is -1.02. The number of nitrogens with zero attached hydrogens (tertiary/aromatic N) is 1. The SMILES string of the molecule is CCCN=C(N)Cc1ccccc1Cl. The topological polar surface area (TPSA) is 38.4 Å². The highest BCUT2D eigenvalue weighted by molar-refractivity contribution is 6.31. The van der Waals surface area contributed by atoms with Crippen LogP contribution in [0.2, 0.25) is 5.02 Å². The predicted molar refractivity (Wildman–Crippen MR) is 61.9 cm³/mol. The molecule has 0 aliphatic carbocycles. The zero-order chi connectivity index (χ0) is 10.4. The van der Waals surface area contributed by atoms with E-state index >= 15 is 0 Å². The molecule has 0 unspecified atom stereocenters. The molecule has 2 nitrogen and oxygen atoms in total. The van der Waals surface area contributed by atoms with Crippen molar-refractivity contribution in [1.29, 1.82) is 0 Å². The summed E-state index contributed by atoms with van der Waals surface area (Å²) in [5.41, 5.74) is 6.79. The van der Waals surface area contributed by atoms with Gasteiger partial charge >= 0.3 is 0 Å². The van der Waals surface area contributed by atoms with Crippen molar-refractivity contribution < 1.29 is 0 Å². The number of benzene rings is 1. The summed E-state index contributed by atoms with van der Waals surface area (Å²) >= 11 is 5.99. The third kappa shape index (κ3) is 3.38. The van der Waals surface area contributed by atoms with Crippen LogP contribution in [-0.4, -0.2) is 12.4 Å². The minimum atomic E-state index is 0.639. The summed E-state index contributed by atoms with van der Waals surface area (Å²) in [6, 6.07) is 7.69. The van der Waals surface area contributed by atoms with E-state index in [9.17, 15) is 0 Å². The van der Waals surface area contributed by atoms with Crippen molar-refractivity contribution in [1.82, 2.24) is 0 Å². The van der Waals surface area contributed by atoms with Crippen molar-refractivity contribution >= 4 is 17.4 Å². The second kappa shape index (κ2) is 5.66. The minimum Gasteiger partial charge on any atom is -0.387 e. The van der Waals surface area contributed by atoms with Gasteiger partial charge < -0.3 is 5.73 Å². The van der Waals surface area contributed by atoms with Gasteiger partial charge in [-0.2, -0.15) is 0 Å². The number of halogens is 1. The van der Waals surface area contributed by atoms with Gasteiger partial charge in [0.15, 0.2) is 0 Å². The van der Waals surface area contributed by atoms with Crippen molar-refractivity contribution in [3.05, 3.63) is 34.9 Å². The van der Waals surface area contributed by atoms with Gasteiger partial charge in [0.1, 0.15) is 0 Å². The van der Waals surface area contributed by atoms with E-state index in [2.05, 4.69) is 11.9 Å². The maximum absolute atomic E-state index is 5.99. The zero-order valence-electron chi connectivity index (χ0n) is 8.33.